The number of rotatable bonds is 5. The van der Waals surface area contributed by atoms with E-state index in [1.54, 1.807) is 4.68 Å². The average molecular weight is 349 g/mol. The number of hydrogen-bond donors (Lipinski definition) is 0. The molecule has 8 heteroatoms. The summed E-state index contributed by atoms with van der Waals surface area (Å²) in [4.78, 5) is 16.5. The normalized spacial score (nSPS) is 19.0. The molecular weight excluding hydrogens is 328 g/mol. The van der Waals surface area contributed by atoms with Crippen molar-refractivity contribution in [2.24, 2.45) is 0 Å². The van der Waals surface area contributed by atoms with Crippen LogP contribution in [-0.4, -0.2) is 56.7 Å². The fourth-order valence-electron chi connectivity index (χ4n) is 2.97. The monoisotopic (exact) mass is 348 g/mol. The third-order valence-electron chi connectivity index (χ3n) is 4.36. The molecule has 0 bridgehead atoms. The van der Waals surface area contributed by atoms with E-state index in [0.29, 0.717) is 18.1 Å². The topological polar surface area (TPSA) is 67.2 Å². The van der Waals surface area contributed by atoms with Gasteiger partial charge in [0.2, 0.25) is 5.91 Å². The highest BCUT2D eigenvalue weighted by Gasteiger charge is 2.30. The molecule has 1 atom stereocenters. The van der Waals surface area contributed by atoms with Crippen molar-refractivity contribution in [2.75, 3.05) is 24.5 Å². The van der Waals surface area contributed by atoms with Crippen molar-refractivity contribution in [3.8, 4) is 0 Å². The summed E-state index contributed by atoms with van der Waals surface area (Å²) in [6.45, 7) is 6.72. The second-order valence-corrected chi connectivity index (χ2v) is 6.54. The van der Waals surface area contributed by atoms with E-state index in [9.17, 15) is 4.79 Å². The molecule has 1 aliphatic heterocycles. The fourth-order valence-corrected chi connectivity index (χ4v) is 3.15. The van der Waals surface area contributed by atoms with Crippen LogP contribution in [0.15, 0.2) is 24.3 Å². The number of anilines is 1. The molecule has 0 unspecified atom stereocenters. The van der Waals surface area contributed by atoms with Gasteiger partial charge in [0.05, 0.1) is 6.54 Å². The molecule has 1 saturated heterocycles. The summed E-state index contributed by atoms with van der Waals surface area (Å²) in [6.07, 6.45) is 0.903. The molecule has 2 heterocycles. The van der Waals surface area contributed by atoms with Crippen LogP contribution in [0.1, 0.15) is 19.2 Å². The molecule has 1 fully saturated rings. The van der Waals surface area contributed by atoms with Crippen molar-refractivity contribution in [1.82, 2.24) is 25.1 Å². The van der Waals surface area contributed by atoms with Gasteiger partial charge in [0.25, 0.3) is 0 Å². The van der Waals surface area contributed by atoms with Gasteiger partial charge in [-0.3, -0.25) is 9.69 Å². The highest BCUT2D eigenvalue weighted by molar-refractivity contribution is 6.30. The number of piperazine rings is 1. The average Bonchev–Trinajstić information content (AvgIpc) is 2.95. The lowest BCUT2D eigenvalue weighted by Crippen LogP contribution is -2.55. The number of tetrazole rings is 1. The standard InChI is InChI=1S/C16H21ClN6O/c1-12-10-22(15-6-3-5-14(17)9-15)16(24)11-21(12)7-4-8-23-13(2)18-19-20-23/h3,5-6,9,12H,4,7-8,10-11H2,1-2H3/t12-/m1/s1. The number of carbonyl (C=O) groups excluding carboxylic acids is 1. The second-order valence-electron chi connectivity index (χ2n) is 6.11. The van der Waals surface area contributed by atoms with Gasteiger partial charge in [0.1, 0.15) is 5.82 Å². The molecule has 0 spiro atoms. The van der Waals surface area contributed by atoms with Gasteiger partial charge >= 0.3 is 0 Å². The van der Waals surface area contributed by atoms with E-state index in [-0.39, 0.29) is 11.9 Å². The molecule has 128 valence electrons. The van der Waals surface area contributed by atoms with Crippen LogP contribution in [0.4, 0.5) is 5.69 Å². The van der Waals surface area contributed by atoms with Gasteiger partial charge in [0.15, 0.2) is 0 Å². The van der Waals surface area contributed by atoms with E-state index in [1.165, 1.54) is 0 Å². The maximum absolute atomic E-state index is 12.5. The zero-order valence-corrected chi connectivity index (χ0v) is 14.6. The van der Waals surface area contributed by atoms with Crippen molar-refractivity contribution in [3.63, 3.8) is 0 Å². The molecule has 0 N–H and O–H groups in total. The van der Waals surface area contributed by atoms with Gasteiger partial charge in [0, 0.05) is 36.4 Å². The molecule has 0 radical (unpaired) electrons. The Balaban J connectivity index is 1.57. The first-order chi connectivity index (χ1) is 11.5. The Labute approximate surface area is 146 Å². The third kappa shape index (κ3) is 3.73. The Kier molecular flexibility index (Phi) is 5.11. The Hall–Kier alpha value is -1.99. The summed E-state index contributed by atoms with van der Waals surface area (Å²) in [5.74, 6) is 0.916. The largest absolute Gasteiger partial charge is 0.310 e. The van der Waals surface area contributed by atoms with Crippen LogP contribution < -0.4 is 4.90 Å². The molecule has 0 saturated carbocycles. The molecule has 1 aliphatic rings. The summed E-state index contributed by atoms with van der Waals surface area (Å²) < 4.78 is 1.79. The zero-order valence-electron chi connectivity index (χ0n) is 13.9. The number of nitrogens with zero attached hydrogens (tertiary/aromatic N) is 6. The van der Waals surface area contributed by atoms with Crippen LogP contribution in [0.3, 0.4) is 0 Å². The number of benzene rings is 1. The summed E-state index contributed by atoms with van der Waals surface area (Å²) in [6, 6.07) is 7.73. The van der Waals surface area contributed by atoms with E-state index in [0.717, 1.165) is 31.0 Å². The molecular formula is C16H21ClN6O. The van der Waals surface area contributed by atoms with Crippen molar-refractivity contribution < 1.29 is 4.79 Å². The SMILES string of the molecule is Cc1nnnn1CCCN1CC(=O)N(c2cccc(Cl)c2)C[C@H]1C. The van der Waals surface area contributed by atoms with E-state index in [1.807, 2.05) is 36.1 Å². The molecule has 24 heavy (non-hydrogen) atoms. The minimum absolute atomic E-state index is 0.106. The smallest absolute Gasteiger partial charge is 0.241 e. The quantitative estimate of drug-likeness (QED) is 0.823. The summed E-state index contributed by atoms with van der Waals surface area (Å²) >= 11 is 6.04. The van der Waals surface area contributed by atoms with E-state index in [2.05, 4.69) is 27.3 Å². The lowest BCUT2D eigenvalue weighted by atomic mass is 10.1. The predicted octanol–water partition coefficient (Wildman–Crippen LogP) is 1.76. The minimum atomic E-state index is 0.106. The highest BCUT2D eigenvalue weighted by Crippen LogP contribution is 2.23. The Morgan fingerprint density at radius 3 is 2.88 bits per heavy atom. The van der Waals surface area contributed by atoms with Gasteiger partial charge in [-0.1, -0.05) is 17.7 Å². The van der Waals surface area contributed by atoms with Gasteiger partial charge < -0.3 is 4.90 Å². The zero-order chi connectivity index (χ0) is 17.1. The van der Waals surface area contributed by atoms with Gasteiger partial charge in [-0.15, -0.1) is 5.10 Å². The lowest BCUT2D eigenvalue weighted by Gasteiger charge is -2.39. The summed E-state index contributed by atoms with van der Waals surface area (Å²) in [7, 11) is 0. The molecule has 1 aromatic carbocycles. The maximum Gasteiger partial charge on any atom is 0.241 e. The number of hydrogen-bond acceptors (Lipinski definition) is 5. The van der Waals surface area contributed by atoms with Crippen LogP contribution in [0.25, 0.3) is 0 Å². The van der Waals surface area contributed by atoms with Crippen molar-refractivity contribution >= 4 is 23.2 Å². The number of aryl methyl sites for hydroxylation is 2. The highest BCUT2D eigenvalue weighted by atomic mass is 35.5. The molecule has 7 nitrogen and oxygen atoms in total. The molecule has 3 rings (SSSR count). The maximum atomic E-state index is 12.5. The number of amides is 1. The van der Waals surface area contributed by atoms with Crippen molar-refractivity contribution in [3.05, 3.63) is 35.1 Å². The first-order valence-electron chi connectivity index (χ1n) is 8.07. The first-order valence-corrected chi connectivity index (χ1v) is 8.45. The van der Waals surface area contributed by atoms with Crippen LogP contribution in [-0.2, 0) is 11.3 Å². The van der Waals surface area contributed by atoms with E-state index >= 15 is 0 Å². The van der Waals surface area contributed by atoms with Crippen molar-refractivity contribution in [1.29, 1.82) is 0 Å². The summed E-state index contributed by atoms with van der Waals surface area (Å²) in [5.41, 5.74) is 0.864. The first kappa shape index (κ1) is 16.9. The van der Waals surface area contributed by atoms with Gasteiger partial charge in [-0.05, 0) is 48.9 Å². The molecule has 1 amide bonds. The molecule has 0 aliphatic carbocycles. The third-order valence-corrected chi connectivity index (χ3v) is 4.59. The van der Waals surface area contributed by atoms with Crippen LogP contribution in [0.5, 0.6) is 0 Å². The number of halogens is 1. The minimum Gasteiger partial charge on any atom is -0.310 e. The Morgan fingerprint density at radius 1 is 1.33 bits per heavy atom. The summed E-state index contributed by atoms with van der Waals surface area (Å²) in [5, 5.41) is 12.1. The van der Waals surface area contributed by atoms with Crippen molar-refractivity contribution in [2.45, 2.75) is 32.9 Å². The van der Waals surface area contributed by atoms with Crippen LogP contribution >= 0.6 is 11.6 Å². The number of carbonyl (C=O) groups is 1. The van der Waals surface area contributed by atoms with Crippen LogP contribution in [0.2, 0.25) is 5.02 Å². The van der Waals surface area contributed by atoms with E-state index < -0.39 is 0 Å². The second kappa shape index (κ2) is 7.27. The van der Waals surface area contributed by atoms with Gasteiger partial charge in [-0.25, -0.2) is 4.68 Å². The molecule has 1 aromatic heterocycles. The number of aromatic nitrogens is 4. The Bertz CT molecular complexity index is 718. The Morgan fingerprint density at radius 2 is 2.17 bits per heavy atom. The predicted molar refractivity (Wildman–Crippen MR) is 92.0 cm³/mol. The van der Waals surface area contributed by atoms with Gasteiger partial charge in [-0.2, -0.15) is 0 Å². The fraction of sp³-hybridized carbons (Fsp3) is 0.500. The molecule has 2 aromatic rings. The van der Waals surface area contributed by atoms with E-state index in [4.69, 9.17) is 11.6 Å². The van der Waals surface area contributed by atoms with Crippen LogP contribution in [0, 0.1) is 6.92 Å². The lowest BCUT2D eigenvalue weighted by molar-refractivity contribution is -0.122.